The van der Waals surface area contributed by atoms with Gasteiger partial charge in [0.25, 0.3) is 0 Å². The van der Waals surface area contributed by atoms with Gasteiger partial charge in [-0.1, -0.05) is 62.4 Å². The maximum Gasteiger partial charge on any atom is 0.230 e. The molecular weight excluding hydrogens is 278 g/mol. The normalized spacial score (nSPS) is 18.5. The number of nitrogens with one attached hydrogen (secondary N) is 1. The third-order valence-corrected chi connectivity index (χ3v) is 5.40. The smallest absolute Gasteiger partial charge is 0.230 e. The molecule has 0 radical (unpaired) electrons. The van der Waals surface area contributed by atoms with Crippen LogP contribution in [0.5, 0.6) is 0 Å². The standard InChI is InChI=1S/C18H27NOS/c1-15(16-10-6-5-7-11-16)21-14-18(20)19-17-12-8-3-2-4-9-13-17/h5-7,10-11,15,17H,2-4,8-9,12-14H2,1H3,(H,19,20). The number of carbonyl (C=O) groups excluding carboxylic acids is 1. The number of rotatable bonds is 5. The molecule has 21 heavy (non-hydrogen) atoms. The lowest BCUT2D eigenvalue weighted by Gasteiger charge is -2.21. The molecule has 1 N–H and O–H groups in total. The number of carbonyl (C=O) groups is 1. The molecule has 0 bridgehead atoms. The fraction of sp³-hybridized carbons (Fsp3) is 0.611. The molecule has 1 aliphatic carbocycles. The molecule has 2 rings (SSSR count). The van der Waals surface area contributed by atoms with Crippen molar-refractivity contribution in [3.8, 4) is 0 Å². The first-order valence-corrected chi connectivity index (χ1v) is 9.26. The Labute approximate surface area is 133 Å². The van der Waals surface area contributed by atoms with Crippen molar-refractivity contribution in [1.82, 2.24) is 5.32 Å². The summed E-state index contributed by atoms with van der Waals surface area (Å²) < 4.78 is 0. The summed E-state index contributed by atoms with van der Waals surface area (Å²) in [6.07, 6.45) is 8.86. The van der Waals surface area contributed by atoms with Gasteiger partial charge in [0, 0.05) is 11.3 Å². The van der Waals surface area contributed by atoms with E-state index < -0.39 is 0 Å². The lowest BCUT2D eigenvalue weighted by molar-refractivity contribution is -0.119. The van der Waals surface area contributed by atoms with Crippen LogP contribution in [-0.4, -0.2) is 17.7 Å². The first kappa shape index (κ1) is 16.4. The van der Waals surface area contributed by atoms with Crippen LogP contribution in [0.3, 0.4) is 0 Å². The van der Waals surface area contributed by atoms with Crippen LogP contribution in [0.25, 0.3) is 0 Å². The van der Waals surface area contributed by atoms with E-state index in [1.807, 2.05) is 6.07 Å². The Kier molecular flexibility index (Phi) is 7.14. The minimum absolute atomic E-state index is 0.202. The number of benzene rings is 1. The van der Waals surface area contributed by atoms with Crippen molar-refractivity contribution in [3.63, 3.8) is 0 Å². The summed E-state index contributed by atoms with van der Waals surface area (Å²) in [6, 6.07) is 10.8. The molecule has 1 atom stereocenters. The average Bonchev–Trinajstić information content (AvgIpc) is 2.48. The van der Waals surface area contributed by atoms with Crippen LogP contribution >= 0.6 is 11.8 Å². The van der Waals surface area contributed by atoms with E-state index in [1.54, 1.807) is 11.8 Å². The summed E-state index contributed by atoms with van der Waals surface area (Å²) >= 11 is 1.72. The molecule has 1 unspecified atom stereocenters. The van der Waals surface area contributed by atoms with Gasteiger partial charge in [-0.15, -0.1) is 11.8 Å². The van der Waals surface area contributed by atoms with Crippen LogP contribution in [0.15, 0.2) is 30.3 Å². The zero-order valence-electron chi connectivity index (χ0n) is 13.0. The van der Waals surface area contributed by atoms with Gasteiger partial charge in [-0.2, -0.15) is 0 Å². The highest BCUT2D eigenvalue weighted by molar-refractivity contribution is 8.00. The summed E-state index contributed by atoms with van der Waals surface area (Å²) in [4.78, 5) is 12.1. The molecule has 1 aromatic rings. The van der Waals surface area contributed by atoms with E-state index in [2.05, 4.69) is 36.5 Å². The minimum atomic E-state index is 0.202. The van der Waals surface area contributed by atoms with Crippen LogP contribution in [-0.2, 0) is 4.79 Å². The van der Waals surface area contributed by atoms with Crippen molar-refractivity contribution in [1.29, 1.82) is 0 Å². The SMILES string of the molecule is CC(SCC(=O)NC1CCCCCCC1)c1ccccc1. The van der Waals surface area contributed by atoms with Crippen LogP contribution in [0.2, 0.25) is 0 Å². The van der Waals surface area contributed by atoms with Gasteiger partial charge in [-0.3, -0.25) is 4.79 Å². The van der Waals surface area contributed by atoms with Crippen molar-refractivity contribution in [2.24, 2.45) is 0 Å². The van der Waals surface area contributed by atoms with E-state index in [0.29, 0.717) is 17.0 Å². The zero-order valence-corrected chi connectivity index (χ0v) is 13.8. The molecule has 0 heterocycles. The number of hydrogen-bond donors (Lipinski definition) is 1. The summed E-state index contributed by atoms with van der Waals surface area (Å²) in [7, 11) is 0. The van der Waals surface area contributed by atoms with Crippen LogP contribution in [0.1, 0.15) is 62.7 Å². The van der Waals surface area contributed by atoms with Gasteiger partial charge in [0.1, 0.15) is 0 Å². The monoisotopic (exact) mass is 305 g/mol. The second-order valence-electron chi connectivity index (χ2n) is 5.97. The van der Waals surface area contributed by atoms with E-state index in [4.69, 9.17) is 0 Å². The van der Waals surface area contributed by atoms with Crippen molar-refractivity contribution >= 4 is 17.7 Å². The average molecular weight is 305 g/mol. The summed E-state index contributed by atoms with van der Waals surface area (Å²) in [6.45, 7) is 2.17. The van der Waals surface area contributed by atoms with Gasteiger partial charge < -0.3 is 5.32 Å². The first-order chi connectivity index (χ1) is 10.3. The first-order valence-electron chi connectivity index (χ1n) is 8.21. The van der Waals surface area contributed by atoms with Crippen molar-refractivity contribution in [2.45, 2.75) is 63.2 Å². The van der Waals surface area contributed by atoms with Gasteiger partial charge >= 0.3 is 0 Å². The van der Waals surface area contributed by atoms with Crippen LogP contribution in [0, 0.1) is 0 Å². The van der Waals surface area contributed by atoms with Crippen molar-refractivity contribution in [3.05, 3.63) is 35.9 Å². The molecule has 1 amide bonds. The molecule has 0 spiro atoms. The Morgan fingerprint density at radius 2 is 1.76 bits per heavy atom. The molecule has 0 saturated heterocycles. The highest BCUT2D eigenvalue weighted by Crippen LogP contribution is 2.27. The van der Waals surface area contributed by atoms with Gasteiger partial charge in [-0.25, -0.2) is 0 Å². The second kappa shape index (κ2) is 9.14. The largest absolute Gasteiger partial charge is 0.353 e. The molecule has 0 aromatic heterocycles. The van der Waals surface area contributed by atoms with Gasteiger partial charge in [0.2, 0.25) is 5.91 Å². The quantitative estimate of drug-likeness (QED) is 0.853. The van der Waals surface area contributed by atoms with Gasteiger partial charge in [0.05, 0.1) is 5.75 Å². The van der Waals surface area contributed by atoms with E-state index in [-0.39, 0.29) is 5.91 Å². The molecule has 1 saturated carbocycles. The van der Waals surface area contributed by atoms with Crippen LogP contribution in [0.4, 0.5) is 0 Å². The maximum absolute atomic E-state index is 12.1. The Morgan fingerprint density at radius 1 is 1.14 bits per heavy atom. The van der Waals surface area contributed by atoms with Gasteiger partial charge in [-0.05, 0) is 25.3 Å². The van der Waals surface area contributed by atoms with E-state index in [9.17, 15) is 4.79 Å². The summed E-state index contributed by atoms with van der Waals surface area (Å²) in [5.74, 6) is 0.764. The third-order valence-electron chi connectivity index (χ3n) is 4.20. The molecule has 0 aliphatic heterocycles. The Balaban J connectivity index is 1.71. The zero-order chi connectivity index (χ0) is 14.9. The topological polar surface area (TPSA) is 29.1 Å². The molecule has 1 fully saturated rings. The summed E-state index contributed by atoms with van der Waals surface area (Å²) in [5.41, 5.74) is 1.29. The van der Waals surface area contributed by atoms with Crippen molar-refractivity contribution in [2.75, 3.05) is 5.75 Å². The Morgan fingerprint density at radius 3 is 2.43 bits per heavy atom. The van der Waals surface area contributed by atoms with E-state index >= 15 is 0 Å². The fourth-order valence-electron chi connectivity index (χ4n) is 2.89. The second-order valence-corrected chi connectivity index (χ2v) is 7.30. The Hall–Kier alpha value is -0.960. The van der Waals surface area contributed by atoms with E-state index in [0.717, 1.165) is 12.8 Å². The molecule has 1 aromatic carbocycles. The number of amides is 1. The maximum atomic E-state index is 12.1. The highest BCUT2D eigenvalue weighted by Gasteiger charge is 2.15. The highest BCUT2D eigenvalue weighted by atomic mass is 32.2. The predicted molar refractivity (Wildman–Crippen MR) is 91.6 cm³/mol. The summed E-state index contributed by atoms with van der Waals surface area (Å²) in [5, 5.41) is 3.60. The fourth-order valence-corrected chi connectivity index (χ4v) is 3.73. The Bertz CT molecular complexity index is 412. The van der Waals surface area contributed by atoms with Crippen LogP contribution < -0.4 is 5.32 Å². The minimum Gasteiger partial charge on any atom is -0.353 e. The lowest BCUT2D eigenvalue weighted by atomic mass is 9.97. The van der Waals surface area contributed by atoms with Crippen molar-refractivity contribution < 1.29 is 4.79 Å². The molecular formula is C18H27NOS. The lowest BCUT2D eigenvalue weighted by Crippen LogP contribution is -2.36. The number of hydrogen-bond acceptors (Lipinski definition) is 2. The number of thioether (sulfide) groups is 1. The molecule has 116 valence electrons. The van der Waals surface area contributed by atoms with Gasteiger partial charge in [0.15, 0.2) is 0 Å². The third kappa shape index (κ3) is 6.13. The molecule has 1 aliphatic rings. The molecule has 2 nitrogen and oxygen atoms in total. The molecule has 3 heteroatoms. The predicted octanol–water partition coefficient (Wildman–Crippen LogP) is 4.71. The van der Waals surface area contributed by atoms with E-state index in [1.165, 1.54) is 37.7 Å².